The number of fused-ring (bicyclic) bond motifs is 1. The zero-order valence-corrected chi connectivity index (χ0v) is 53.9. The number of cyclic esters (lactones) is 1. The molecule has 0 aromatic carbocycles. The van der Waals surface area contributed by atoms with Crippen LogP contribution in [0, 0.1) is 48.3 Å². The molecule has 484 valence electrons. The molecule has 3 N–H and O–H groups in total. The highest BCUT2D eigenvalue weighted by atomic mass is 16.7. The number of aryl methyl sites for hydroxylation is 2. The minimum absolute atomic E-state index is 0.00375. The fourth-order valence-corrected chi connectivity index (χ4v) is 13.2. The normalized spacial score (nSPS) is 38.3. The zero-order chi connectivity index (χ0) is 62.8. The van der Waals surface area contributed by atoms with Crippen molar-refractivity contribution in [1.82, 2.24) is 20.2 Å². The van der Waals surface area contributed by atoms with Crippen LogP contribution in [0.25, 0.3) is 0 Å². The van der Waals surface area contributed by atoms with Gasteiger partial charge in [-0.25, -0.2) is 14.8 Å². The maximum absolute atomic E-state index is 16.0. The number of carbonyl (C=O) groups excluding carboxylic acids is 4. The largest absolute Gasteiger partial charge is 0.461 e. The molecule has 23 nitrogen and oxygen atoms in total. The number of alkyl carbamates (subject to hydrolysis) is 1. The molecule has 1 unspecified atom stereocenters. The van der Waals surface area contributed by atoms with Crippen LogP contribution in [-0.2, 0) is 90.6 Å². The van der Waals surface area contributed by atoms with Gasteiger partial charge in [0.15, 0.2) is 30.3 Å². The van der Waals surface area contributed by atoms with Crippen molar-refractivity contribution < 1.29 is 86.3 Å². The monoisotopic (exact) mass is 1210 g/mol. The Morgan fingerprint density at radius 1 is 0.835 bits per heavy atom. The predicted molar refractivity (Wildman–Crippen MR) is 312 cm³/mol. The number of hydrogen-bond donors (Lipinski definition) is 3. The van der Waals surface area contributed by atoms with E-state index in [0.29, 0.717) is 25.2 Å². The van der Waals surface area contributed by atoms with E-state index in [-0.39, 0.29) is 56.2 Å². The number of aliphatic hydroxyl groups excluding tert-OH is 2. The van der Waals surface area contributed by atoms with E-state index in [4.69, 9.17) is 66.9 Å². The Morgan fingerprint density at radius 2 is 1.53 bits per heavy atom. The van der Waals surface area contributed by atoms with E-state index in [1.54, 1.807) is 34.6 Å². The minimum Gasteiger partial charge on any atom is -0.461 e. The van der Waals surface area contributed by atoms with Crippen LogP contribution in [0.1, 0.15) is 151 Å². The van der Waals surface area contributed by atoms with Gasteiger partial charge < -0.3 is 77.4 Å². The first-order valence-electron chi connectivity index (χ1n) is 31.0. The predicted octanol–water partition coefficient (Wildman–Crippen LogP) is 6.23. The molecule has 0 bridgehead atoms. The molecular weight excluding hydrogens is 1100 g/mol. The molecule has 4 aliphatic heterocycles. The highest BCUT2D eigenvalue weighted by molar-refractivity contribution is 5.91. The lowest BCUT2D eigenvalue weighted by molar-refractivity contribution is -0.305. The van der Waals surface area contributed by atoms with Crippen molar-refractivity contribution in [2.45, 2.75) is 252 Å². The van der Waals surface area contributed by atoms with Crippen molar-refractivity contribution in [3.63, 3.8) is 0 Å². The van der Waals surface area contributed by atoms with E-state index in [9.17, 15) is 19.8 Å². The lowest BCUT2D eigenvalue weighted by atomic mass is 9.74. The molecule has 85 heavy (non-hydrogen) atoms. The van der Waals surface area contributed by atoms with Crippen LogP contribution in [0.2, 0.25) is 0 Å². The minimum atomic E-state index is -1.98. The van der Waals surface area contributed by atoms with Gasteiger partial charge in [0.1, 0.15) is 49.6 Å². The number of aromatic nitrogens is 2. The SMILES string of the molecule is CO/N=C1\C[C@@H](C)O[C@@H](O[C@@H]2[C@@H](C)[C@H](O[C@H]3CC(C)N(C)C[C@H](C)O3)[C@@H](C)C(=O)O[C@H]([C@@H](C)CO[C@@H]3O[C@H](C)[C@@H](O)[C@@H](OC)[C@H]3OC)[C@H](C)[C@@H](OC(=O)CC(C)C)[C@@H](C)C(=O)[C@@](C)(OC(=O)NCCc3nc(C)c4c(n3)CCCC4)C[C@@H]2C)[C@@H]1O. The van der Waals surface area contributed by atoms with Gasteiger partial charge in [-0.2, -0.15) is 0 Å². The number of hydrogen-bond acceptors (Lipinski definition) is 22. The summed E-state index contributed by atoms with van der Waals surface area (Å²) in [5.74, 6) is -6.88. The van der Waals surface area contributed by atoms with Gasteiger partial charge in [-0.1, -0.05) is 53.6 Å². The average Bonchev–Trinajstić information content (AvgIpc) is 3.37. The summed E-state index contributed by atoms with van der Waals surface area (Å²) in [7, 11) is 6.32. The van der Waals surface area contributed by atoms with Crippen LogP contribution in [0.15, 0.2) is 5.16 Å². The van der Waals surface area contributed by atoms with Crippen molar-refractivity contribution in [2.75, 3.05) is 48.1 Å². The Morgan fingerprint density at radius 3 is 2.20 bits per heavy atom. The first-order valence-corrected chi connectivity index (χ1v) is 31.0. The van der Waals surface area contributed by atoms with Crippen LogP contribution in [-0.4, -0.2) is 200 Å². The summed E-state index contributed by atoms with van der Waals surface area (Å²) in [5.41, 5.74) is 1.43. The van der Waals surface area contributed by atoms with Crippen molar-refractivity contribution in [3.8, 4) is 0 Å². The molecule has 0 spiro atoms. The lowest BCUT2D eigenvalue weighted by Gasteiger charge is -2.45. The smallest absolute Gasteiger partial charge is 0.408 e. The van der Waals surface area contributed by atoms with Gasteiger partial charge in [-0.05, 0) is 105 Å². The molecule has 22 atom stereocenters. The number of nitrogens with zero attached hydrogens (tertiary/aromatic N) is 4. The second kappa shape index (κ2) is 31.4. The van der Waals surface area contributed by atoms with Gasteiger partial charge in [0.25, 0.3) is 0 Å². The number of carbonyl (C=O) groups is 4. The Bertz CT molecular complexity index is 2380. The van der Waals surface area contributed by atoms with E-state index >= 15 is 9.59 Å². The number of likely N-dealkylation sites (N-methyl/N-ethyl adjacent to an activating group) is 1. The molecule has 4 fully saturated rings. The Balaban J connectivity index is 1.48. The van der Waals surface area contributed by atoms with Crippen molar-refractivity contribution in [1.29, 1.82) is 0 Å². The van der Waals surface area contributed by atoms with Crippen LogP contribution in [0.3, 0.4) is 0 Å². The van der Waals surface area contributed by atoms with Crippen LogP contribution >= 0.6 is 0 Å². The molecule has 1 aromatic heterocycles. The number of aliphatic hydroxyl groups is 2. The number of esters is 2. The second-order valence-electron chi connectivity index (χ2n) is 25.7. The van der Waals surface area contributed by atoms with Crippen LogP contribution in [0.4, 0.5) is 4.79 Å². The fraction of sp³-hybridized carbons (Fsp3) is 0.855. The summed E-state index contributed by atoms with van der Waals surface area (Å²) in [4.78, 5) is 77.0. The van der Waals surface area contributed by atoms with Gasteiger partial charge in [0, 0.05) is 88.2 Å². The molecule has 0 radical (unpaired) electrons. The number of rotatable bonds is 18. The molecule has 0 saturated carbocycles. The number of Topliss-reactive ketones (excluding diaryl/α,β-unsaturated/α-hetero) is 1. The molecule has 6 rings (SSSR count). The van der Waals surface area contributed by atoms with Gasteiger partial charge in [-0.3, -0.25) is 14.4 Å². The first-order chi connectivity index (χ1) is 40.1. The van der Waals surface area contributed by atoms with Crippen molar-refractivity contribution in [3.05, 3.63) is 22.8 Å². The summed E-state index contributed by atoms with van der Waals surface area (Å²) < 4.78 is 70.8. The highest BCUT2D eigenvalue weighted by Crippen LogP contribution is 2.41. The van der Waals surface area contributed by atoms with Gasteiger partial charge in [0.2, 0.25) is 0 Å². The van der Waals surface area contributed by atoms with Crippen molar-refractivity contribution in [2.24, 2.45) is 46.6 Å². The van der Waals surface area contributed by atoms with Crippen LogP contribution in [0.5, 0.6) is 0 Å². The molecule has 1 aliphatic carbocycles. The number of ketones is 1. The third-order valence-electron chi connectivity index (χ3n) is 18.0. The highest BCUT2D eigenvalue weighted by Gasteiger charge is 2.53. The van der Waals surface area contributed by atoms with E-state index < -0.39 is 145 Å². The summed E-state index contributed by atoms with van der Waals surface area (Å²) in [5, 5.41) is 29.9. The summed E-state index contributed by atoms with van der Waals surface area (Å²) in [6.07, 6.45) is -9.44. The van der Waals surface area contributed by atoms with E-state index in [0.717, 1.165) is 37.1 Å². The standard InChI is InChI=1S/C62H103N5O18/c1-31(2)25-47(68)81-53-38(9)52(33(4)30-77-60-56(75-17)55(74-16)49(69)42(13)80-60)83-58(72)40(11)54(82-48-26-34(5)67(15)29-36(7)78-48)37(8)51(84-59-50(70)45(66-76-18)27-35(6)79-59)32(3)28-62(14,57(71)39(53)10)85-61(73)63-24-23-46-64-41(12)43-21-19-20-22-44(43)65-46/h31-40,42,48-56,59-60,69-70H,19-30H2,1-18H3,(H,63,73)/b66-45+/t32-,33-,34?,35+,36-,37+,38-,39+,40+,42+,48-,49+,50+,51-,52+,53+,54-,55+,56+,59-,60+,62-/m0/s1. The van der Waals surface area contributed by atoms with Gasteiger partial charge in [0.05, 0.1) is 54.7 Å². The topological polar surface area (TPSA) is 273 Å². The summed E-state index contributed by atoms with van der Waals surface area (Å²) in [6, 6.07) is 0.00656. The zero-order valence-electron chi connectivity index (χ0n) is 53.9. The number of methoxy groups -OCH3 is 2. The van der Waals surface area contributed by atoms with Crippen LogP contribution < -0.4 is 5.32 Å². The third-order valence-corrected chi connectivity index (χ3v) is 18.0. The number of nitrogens with one attached hydrogen (secondary N) is 1. The van der Waals surface area contributed by atoms with Gasteiger partial charge >= 0.3 is 18.0 Å². The average molecular weight is 1210 g/mol. The molecule has 4 saturated heterocycles. The maximum atomic E-state index is 16.0. The summed E-state index contributed by atoms with van der Waals surface area (Å²) in [6.45, 7) is 26.0. The third kappa shape index (κ3) is 17.9. The number of oxime groups is 1. The first kappa shape index (κ1) is 70.1. The molecule has 5 heterocycles. The fourth-order valence-electron chi connectivity index (χ4n) is 13.2. The Kier molecular flexibility index (Phi) is 25.9. The van der Waals surface area contributed by atoms with E-state index in [1.165, 1.54) is 26.9 Å². The van der Waals surface area contributed by atoms with E-state index in [2.05, 4.69) is 22.3 Å². The number of ether oxygens (including phenoxy) is 11. The van der Waals surface area contributed by atoms with Gasteiger partial charge in [-0.15, -0.1) is 0 Å². The number of amides is 1. The van der Waals surface area contributed by atoms with E-state index in [1.807, 2.05) is 62.4 Å². The Labute approximate surface area is 504 Å². The molecular formula is C62H103N5O18. The summed E-state index contributed by atoms with van der Waals surface area (Å²) >= 11 is 0. The molecule has 1 aromatic rings. The molecule has 23 heteroatoms. The molecule has 5 aliphatic rings. The lowest BCUT2D eigenvalue weighted by Crippen LogP contribution is -2.59. The maximum Gasteiger partial charge on any atom is 0.408 e. The quantitative estimate of drug-likeness (QED) is 0.0835. The second-order valence-corrected chi connectivity index (χ2v) is 25.7. The molecule has 1 amide bonds. The van der Waals surface area contributed by atoms with Crippen molar-refractivity contribution >= 4 is 29.5 Å². The Hall–Kier alpha value is -4.01.